The highest BCUT2D eigenvalue weighted by Gasteiger charge is 2.23. The molecule has 0 aliphatic carbocycles. The maximum Gasteiger partial charge on any atom is 0.304 e. The van der Waals surface area contributed by atoms with Gasteiger partial charge in [-0.15, -0.1) is 0 Å². The number of carbonyl (C=O) groups is 1. The normalized spacial score (nSPS) is 19.9. The third kappa shape index (κ3) is 6.28. The molecule has 2 aliphatic heterocycles. The lowest BCUT2D eigenvalue weighted by Gasteiger charge is -2.33. The van der Waals surface area contributed by atoms with Crippen molar-refractivity contribution in [1.29, 1.82) is 0 Å². The number of aryl methyl sites for hydroxylation is 1. The van der Waals surface area contributed by atoms with Gasteiger partial charge in [-0.3, -0.25) is 4.79 Å². The summed E-state index contributed by atoms with van der Waals surface area (Å²) in [5, 5.41) is 12.7. The van der Waals surface area contributed by atoms with E-state index in [1.165, 1.54) is 12.0 Å². The number of piperidine rings is 1. The summed E-state index contributed by atoms with van der Waals surface area (Å²) in [5.41, 5.74) is 3.50. The van der Waals surface area contributed by atoms with E-state index in [0.29, 0.717) is 6.61 Å². The summed E-state index contributed by atoms with van der Waals surface area (Å²) in [6, 6.07) is 14.2. The molecule has 6 nitrogen and oxygen atoms in total. The maximum atomic E-state index is 11.3. The third-order valence-electron chi connectivity index (χ3n) is 6.32. The minimum absolute atomic E-state index is 0.0957. The van der Waals surface area contributed by atoms with Crippen molar-refractivity contribution in [2.24, 2.45) is 0 Å². The van der Waals surface area contributed by atoms with Crippen molar-refractivity contribution in [1.82, 2.24) is 9.88 Å². The van der Waals surface area contributed by atoms with Crippen molar-refractivity contribution < 1.29 is 14.6 Å². The van der Waals surface area contributed by atoms with Gasteiger partial charge in [0.25, 0.3) is 0 Å². The van der Waals surface area contributed by atoms with E-state index < -0.39 is 5.97 Å². The van der Waals surface area contributed by atoms with Crippen molar-refractivity contribution in [3.05, 3.63) is 59.3 Å². The molecule has 6 heteroatoms. The molecule has 2 aromatic rings. The second kappa shape index (κ2) is 10.7. The van der Waals surface area contributed by atoms with Crippen LogP contribution in [0.4, 0.5) is 5.82 Å². The van der Waals surface area contributed by atoms with Crippen LogP contribution in [0.15, 0.2) is 42.5 Å². The second-order valence-electron chi connectivity index (χ2n) is 8.69. The van der Waals surface area contributed by atoms with Gasteiger partial charge in [0.05, 0.1) is 19.1 Å². The molecule has 0 spiro atoms. The zero-order chi connectivity index (χ0) is 21.5. The summed E-state index contributed by atoms with van der Waals surface area (Å²) in [7, 11) is 0. The molecular weight excluding hydrogens is 390 g/mol. The molecule has 1 saturated heterocycles. The molecule has 2 N–H and O–H groups in total. The topological polar surface area (TPSA) is 74.7 Å². The van der Waals surface area contributed by atoms with Crippen LogP contribution in [0.25, 0.3) is 0 Å². The molecule has 0 saturated carbocycles. The highest BCUT2D eigenvalue weighted by molar-refractivity contribution is 5.68. The van der Waals surface area contributed by atoms with Gasteiger partial charge >= 0.3 is 5.97 Å². The first kappa shape index (κ1) is 21.8. The number of fused-ring (bicyclic) bond motifs is 1. The van der Waals surface area contributed by atoms with Crippen molar-refractivity contribution in [3.8, 4) is 0 Å². The molecule has 166 valence electrons. The quantitative estimate of drug-likeness (QED) is 0.640. The summed E-state index contributed by atoms with van der Waals surface area (Å²) in [6.07, 6.45) is 5.64. The molecule has 1 aromatic carbocycles. The van der Waals surface area contributed by atoms with Crippen LogP contribution in [0.3, 0.4) is 0 Å². The van der Waals surface area contributed by atoms with E-state index in [-0.39, 0.29) is 18.4 Å². The molecule has 2 atom stereocenters. The standard InChI is InChI=1S/C25H33N3O3/c29-24(30)16-21(19-6-2-1-3-7-19)18-31-23-9-5-14-28(17-23)15-12-22-11-10-20-8-4-13-26-25(20)27-22/h1-3,6-7,10-11,21,23H,4-5,8-9,12-18H2,(H,26,27)(H,29,30)/t21-,23+/m0/s1. The van der Waals surface area contributed by atoms with Crippen LogP contribution in [0.1, 0.15) is 48.4 Å². The molecule has 1 fully saturated rings. The maximum absolute atomic E-state index is 11.3. The van der Waals surface area contributed by atoms with Crippen LogP contribution < -0.4 is 5.32 Å². The van der Waals surface area contributed by atoms with Crippen LogP contribution in [-0.4, -0.2) is 59.8 Å². The number of aliphatic carboxylic acids is 1. The minimum atomic E-state index is -0.783. The fourth-order valence-corrected chi connectivity index (χ4v) is 4.59. The largest absolute Gasteiger partial charge is 0.481 e. The zero-order valence-corrected chi connectivity index (χ0v) is 18.1. The number of rotatable bonds is 9. The number of hydrogen-bond acceptors (Lipinski definition) is 5. The first-order valence-electron chi connectivity index (χ1n) is 11.5. The minimum Gasteiger partial charge on any atom is -0.481 e. The number of anilines is 1. The summed E-state index contributed by atoms with van der Waals surface area (Å²) in [4.78, 5) is 18.6. The molecule has 3 heterocycles. The monoisotopic (exact) mass is 423 g/mol. The molecule has 0 unspecified atom stereocenters. The number of nitrogens with zero attached hydrogens (tertiary/aromatic N) is 2. The lowest BCUT2D eigenvalue weighted by molar-refractivity contribution is -0.138. The smallest absolute Gasteiger partial charge is 0.304 e. The Balaban J connectivity index is 1.27. The highest BCUT2D eigenvalue weighted by atomic mass is 16.5. The number of carboxylic acid groups (broad SMARTS) is 1. The Hall–Kier alpha value is -2.44. The van der Waals surface area contributed by atoms with Crippen LogP contribution in [0.2, 0.25) is 0 Å². The van der Waals surface area contributed by atoms with E-state index >= 15 is 0 Å². The summed E-state index contributed by atoms with van der Waals surface area (Å²) >= 11 is 0. The lowest BCUT2D eigenvalue weighted by atomic mass is 9.96. The van der Waals surface area contributed by atoms with Gasteiger partial charge in [0.1, 0.15) is 5.82 Å². The Morgan fingerprint density at radius 1 is 1.23 bits per heavy atom. The van der Waals surface area contributed by atoms with Gasteiger partial charge in [-0.1, -0.05) is 36.4 Å². The number of carboxylic acids is 1. The van der Waals surface area contributed by atoms with E-state index in [1.807, 2.05) is 30.3 Å². The third-order valence-corrected chi connectivity index (χ3v) is 6.32. The van der Waals surface area contributed by atoms with Gasteiger partial charge in [0.15, 0.2) is 0 Å². The Bertz CT molecular complexity index is 858. The first-order valence-corrected chi connectivity index (χ1v) is 11.5. The molecule has 4 rings (SSSR count). The Labute approximate surface area is 184 Å². The second-order valence-corrected chi connectivity index (χ2v) is 8.69. The molecule has 31 heavy (non-hydrogen) atoms. The summed E-state index contributed by atoms with van der Waals surface area (Å²) in [5.74, 6) is 0.171. The molecule has 1 aromatic heterocycles. The first-order chi connectivity index (χ1) is 15.2. The molecular formula is C25H33N3O3. The van der Waals surface area contributed by atoms with Crippen molar-refractivity contribution in [2.75, 3.05) is 38.1 Å². The van der Waals surface area contributed by atoms with Crippen molar-refractivity contribution >= 4 is 11.8 Å². The van der Waals surface area contributed by atoms with Crippen LogP contribution in [0, 0.1) is 0 Å². The summed E-state index contributed by atoms with van der Waals surface area (Å²) < 4.78 is 6.23. The van der Waals surface area contributed by atoms with Gasteiger partial charge in [-0.25, -0.2) is 4.98 Å². The number of nitrogens with one attached hydrogen (secondary N) is 1. The fraction of sp³-hybridized carbons (Fsp3) is 0.520. The average molecular weight is 424 g/mol. The Kier molecular flexibility index (Phi) is 7.54. The number of ether oxygens (including phenoxy) is 1. The van der Waals surface area contributed by atoms with Crippen LogP contribution in [-0.2, 0) is 22.4 Å². The summed E-state index contributed by atoms with van der Waals surface area (Å²) in [6.45, 7) is 4.42. The van der Waals surface area contributed by atoms with Crippen molar-refractivity contribution in [2.45, 2.75) is 50.5 Å². The fourth-order valence-electron chi connectivity index (χ4n) is 4.59. The van der Waals surface area contributed by atoms with Gasteiger partial charge in [0, 0.05) is 37.7 Å². The van der Waals surface area contributed by atoms with E-state index in [2.05, 4.69) is 22.3 Å². The number of hydrogen-bond donors (Lipinski definition) is 2. The molecule has 0 amide bonds. The molecule has 0 bridgehead atoms. The van der Waals surface area contributed by atoms with Crippen LogP contribution in [0.5, 0.6) is 0 Å². The highest BCUT2D eigenvalue weighted by Crippen LogP contribution is 2.23. The SMILES string of the molecule is O=C(O)C[C@@H](CO[C@@H]1CCCN(CCc2ccc3c(n2)NCCC3)C1)c1ccccc1. The van der Waals surface area contributed by atoms with Gasteiger partial charge in [0.2, 0.25) is 0 Å². The predicted octanol–water partition coefficient (Wildman–Crippen LogP) is 3.72. The number of likely N-dealkylation sites (tertiary alicyclic amines) is 1. The lowest BCUT2D eigenvalue weighted by Crippen LogP contribution is -2.41. The molecule has 0 radical (unpaired) electrons. The van der Waals surface area contributed by atoms with E-state index in [0.717, 1.165) is 68.9 Å². The Morgan fingerprint density at radius 2 is 2.10 bits per heavy atom. The van der Waals surface area contributed by atoms with Gasteiger partial charge < -0.3 is 20.1 Å². The number of aromatic nitrogens is 1. The van der Waals surface area contributed by atoms with Gasteiger partial charge in [-0.05, 0) is 49.4 Å². The zero-order valence-electron chi connectivity index (χ0n) is 18.1. The van der Waals surface area contributed by atoms with E-state index in [1.54, 1.807) is 0 Å². The van der Waals surface area contributed by atoms with Crippen LogP contribution >= 0.6 is 0 Å². The Morgan fingerprint density at radius 3 is 2.94 bits per heavy atom. The van der Waals surface area contributed by atoms with E-state index in [4.69, 9.17) is 9.72 Å². The van der Waals surface area contributed by atoms with E-state index in [9.17, 15) is 9.90 Å². The molecule has 2 aliphatic rings. The van der Waals surface area contributed by atoms with Gasteiger partial charge in [-0.2, -0.15) is 0 Å². The predicted molar refractivity (Wildman–Crippen MR) is 122 cm³/mol. The number of benzene rings is 1. The number of pyridine rings is 1. The average Bonchev–Trinajstić information content (AvgIpc) is 2.81. The van der Waals surface area contributed by atoms with Crippen molar-refractivity contribution in [3.63, 3.8) is 0 Å².